The Hall–Kier alpha value is -2.93. The number of primary amides is 1. The minimum absolute atomic E-state index is 0.128. The van der Waals surface area contributed by atoms with Gasteiger partial charge in [0.05, 0.1) is 6.67 Å². The first-order chi connectivity index (χ1) is 12.5. The van der Waals surface area contributed by atoms with Crippen molar-refractivity contribution in [3.05, 3.63) is 65.4 Å². The maximum atomic E-state index is 13.0. The number of nitrogens with two attached hydrogens (primary N) is 1. The molecule has 7 nitrogen and oxygen atoms in total. The van der Waals surface area contributed by atoms with E-state index in [4.69, 9.17) is 5.73 Å². The normalized spacial score (nSPS) is 23.1. The van der Waals surface area contributed by atoms with Crippen molar-refractivity contribution in [3.8, 4) is 5.69 Å². The molecular formula is C19H19N4O3. The first-order valence-corrected chi connectivity index (χ1v) is 8.53. The van der Waals surface area contributed by atoms with E-state index in [1.54, 1.807) is 53.9 Å². The van der Waals surface area contributed by atoms with Crippen LogP contribution in [0.25, 0.3) is 5.69 Å². The van der Waals surface area contributed by atoms with Crippen LogP contribution in [0.4, 0.5) is 5.69 Å². The summed E-state index contributed by atoms with van der Waals surface area (Å²) in [5, 5.41) is 0. The van der Waals surface area contributed by atoms with Crippen molar-refractivity contribution in [2.75, 3.05) is 18.1 Å². The fourth-order valence-electron chi connectivity index (χ4n) is 3.74. The minimum Gasteiger partial charge on any atom is -0.368 e. The summed E-state index contributed by atoms with van der Waals surface area (Å²) in [6.07, 6.45) is 5.01. The maximum absolute atomic E-state index is 13.0. The average molecular weight is 351 g/mol. The van der Waals surface area contributed by atoms with Crippen LogP contribution in [0.1, 0.15) is 12.8 Å². The second-order valence-corrected chi connectivity index (χ2v) is 6.54. The van der Waals surface area contributed by atoms with Gasteiger partial charge in [0.15, 0.2) is 5.54 Å². The molecule has 0 unspecified atom stereocenters. The quantitative estimate of drug-likeness (QED) is 0.823. The number of fused-ring (bicyclic) bond motifs is 1. The van der Waals surface area contributed by atoms with Gasteiger partial charge in [-0.1, -0.05) is 6.07 Å². The van der Waals surface area contributed by atoms with E-state index in [-0.39, 0.29) is 11.5 Å². The summed E-state index contributed by atoms with van der Waals surface area (Å²) in [5.41, 5.74) is 5.51. The predicted molar refractivity (Wildman–Crippen MR) is 96.6 cm³/mol. The molecule has 1 radical (unpaired) electrons. The number of carbonyl (C=O) groups excluding carboxylic acids is 2. The zero-order valence-electron chi connectivity index (χ0n) is 14.2. The molecule has 0 bridgehead atoms. The summed E-state index contributed by atoms with van der Waals surface area (Å²) < 4.78 is 1.53. The van der Waals surface area contributed by atoms with Gasteiger partial charge in [0, 0.05) is 36.6 Å². The van der Waals surface area contributed by atoms with Crippen LogP contribution in [-0.4, -0.2) is 40.0 Å². The average Bonchev–Trinajstić information content (AvgIpc) is 2.97. The number of rotatable bonds is 3. The number of pyridine rings is 1. The van der Waals surface area contributed by atoms with E-state index in [0.29, 0.717) is 31.0 Å². The van der Waals surface area contributed by atoms with Crippen LogP contribution < -0.4 is 16.2 Å². The zero-order chi connectivity index (χ0) is 18.3. The smallest absolute Gasteiger partial charge is 0.258 e. The summed E-state index contributed by atoms with van der Waals surface area (Å²) in [6.45, 7) is 0.974. The minimum atomic E-state index is -1.34. The molecule has 3 heterocycles. The molecule has 2 aromatic rings. The fraction of sp³-hybridized carbons (Fsp3) is 0.263. The molecule has 1 aromatic carbocycles. The van der Waals surface area contributed by atoms with Crippen molar-refractivity contribution in [1.82, 2.24) is 9.47 Å². The standard InChI is InChI=1S/C19H19N4O3/c20-17(25)19-10-2-4-11-21(19)13-23(18(19)26)15-8-6-14(7-9-15)22-12-3-1-5-16(22)24/h1,3,5-10,12H,2,4,11,13H2,(H2,20,25)/t19-/m0/s1. The van der Waals surface area contributed by atoms with Crippen molar-refractivity contribution in [1.29, 1.82) is 0 Å². The van der Waals surface area contributed by atoms with Crippen molar-refractivity contribution < 1.29 is 9.59 Å². The number of carbonyl (C=O) groups is 2. The first kappa shape index (κ1) is 16.5. The van der Waals surface area contributed by atoms with Crippen molar-refractivity contribution >= 4 is 17.5 Å². The van der Waals surface area contributed by atoms with E-state index in [9.17, 15) is 14.4 Å². The number of nitrogens with zero attached hydrogens (tertiary/aromatic N) is 3. The number of piperidine rings is 1. The van der Waals surface area contributed by atoms with Gasteiger partial charge in [-0.25, -0.2) is 0 Å². The van der Waals surface area contributed by atoms with Crippen LogP contribution in [0, 0.1) is 6.42 Å². The van der Waals surface area contributed by atoms with Crippen LogP contribution in [0.3, 0.4) is 0 Å². The summed E-state index contributed by atoms with van der Waals surface area (Å²) in [6, 6.07) is 12.1. The molecule has 1 atom stereocenters. The number of anilines is 1. The molecule has 0 spiro atoms. The molecule has 2 aliphatic rings. The molecule has 26 heavy (non-hydrogen) atoms. The van der Waals surface area contributed by atoms with Crippen LogP contribution in [-0.2, 0) is 9.59 Å². The topological polar surface area (TPSA) is 88.6 Å². The Morgan fingerprint density at radius 3 is 2.42 bits per heavy atom. The lowest BCUT2D eigenvalue weighted by Gasteiger charge is -2.35. The molecule has 0 aliphatic carbocycles. The van der Waals surface area contributed by atoms with Gasteiger partial charge >= 0.3 is 0 Å². The van der Waals surface area contributed by atoms with Crippen LogP contribution in [0.2, 0.25) is 0 Å². The molecule has 0 saturated carbocycles. The Balaban J connectivity index is 1.66. The first-order valence-electron chi connectivity index (χ1n) is 8.53. The highest BCUT2D eigenvalue weighted by Gasteiger charge is 2.58. The van der Waals surface area contributed by atoms with Crippen molar-refractivity contribution in [3.63, 3.8) is 0 Å². The van der Waals surface area contributed by atoms with Gasteiger partial charge in [0.1, 0.15) is 0 Å². The van der Waals surface area contributed by atoms with Gasteiger partial charge in [-0.15, -0.1) is 0 Å². The van der Waals surface area contributed by atoms with E-state index in [0.717, 1.165) is 6.42 Å². The summed E-state index contributed by atoms with van der Waals surface area (Å²) >= 11 is 0. The van der Waals surface area contributed by atoms with E-state index in [1.165, 1.54) is 10.6 Å². The monoisotopic (exact) mass is 351 g/mol. The highest BCUT2D eigenvalue weighted by Crippen LogP contribution is 2.36. The van der Waals surface area contributed by atoms with Gasteiger partial charge < -0.3 is 5.73 Å². The van der Waals surface area contributed by atoms with Crippen molar-refractivity contribution in [2.45, 2.75) is 18.4 Å². The molecular weight excluding hydrogens is 332 g/mol. The summed E-state index contributed by atoms with van der Waals surface area (Å²) in [7, 11) is 0. The third kappa shape index (κ3) is 2.35. The van der Waals surface area contributed by atoms with Gasteiger partial charge in [-0.3, -0.25) is 28.8 Å². The van der Waals surface area contributed by atoms with E-state index < -0.39 is 11.4 Å². The van der Waals surface area contributed by atoms with E-state index in [1.807, 2.05) is 4.90 Å². The second kappa shape index (κ2) is 6.10. The SMILES string of the molecule is NC(=O)[C@]12[CH]CCCN1CN(c1ccc(-n3ccccc3=O)cc1)C2=O. The Morgan fingerprint density at radius 1 is 1.04 bits per heavy atom. The number of hydrogen-bond donors (Lipinski definition) is 1. The van der Waals surface area contributed by atoms with E-state index >= 15 is 0 Å². The lowest BCUT2D eigenvalue weighted by Crippen LogP contribution is -2.60. The van der Waals surface area contributed by atoms with Gasteiger partial charge in [0.2, 0.25) is 5.91 Å². The molecule has 2 aliphatic heterocycles. The Bertz CT molecular complexity index is 921. The number of aromatic nitrogens is 1. The third-order valence-corrected chi connectivity index (χ3v) is 5.09. The van der Waals surface area contributed by atoms with Crippen LogP contribution in [0.5, 0.6) is 0 Å². The molecule has 2 N–H and O–H groups in total. The molecule has 1 aromatic heterocycles. The zero-order valence-corrected chi connectivity index (χ0v) is 14.2. The van der Waals surface area contributed by atoms with Crippen LogP contribution >= 0.6 is 0 Å². The highest BCUT2D eigenvalue weighted by molar-refractivity contribution is 6.18. The predicted octanol–water partition coefficient (Wildman–Crippen LogP) is 0.666. The summed E-state index contributed by atoms with van der Waals surface area (Å²) in [4.78, 5) is 40.4. The summed E-state index contributed by atoms with van der Waals surface area (Å²) in [5.74, 6) is -0.938. The Labute approximate surface area is 150 Å². The van der Waals surface area contributed by atoms with Crippen molar-refractivity contribution in [2.24, 2.45) is 5.73 Å². The largest absolute Gasteiger partial charge is 0.368 e. The van der Waals surface area contributed by atoms with E-state index in [2.05, 4.69) is 0 Å². The maximum Gasteiger partial charge on any atom is 0.258 e. The fourth-order valence-corrected chi connectivity index (χ4v) is 3.74. The van der Waals surface area contributed by atoms with Crippen LogP contribution in [0.15, 0.2) is 53.5 Å². The molecule has 2 fully saturated rings. The molecule has 7 heteroatoms. The Kier molecular flexibility index (Phi) is 3.88. The number of amides is 2. The third-order valence-electron chi connectivity index (χ3n) is 5.09. The van der Waals surface area contributed by atoms with Gasteiger partial charge in [-0.05, 0) is 43.2 Å². The highest BCUT2D eigenvalue weighted by atomic mass is 16.2. The number of benzene rings is 1. The molecule has 2 amide bonds. The number of hydrogen-bond acceptors (Lipinski definition) is 4. The second-order valence-electron chi connectivity index (χ2n) is 6.54. The lowest BCUT2D eigenvalue weighted by molar-refractivity contribution is -0.136. The molecule has 4 rings (SSSR count). The molecule has 133 valence electrons. The lowest BCUT2D eigenvalue weighted by atomic mass is 9.86. The van der Waals surface area contributed by atoms with Gasteiger partial charge in [-0.2, -0.15) is 0 Å². The van der Waals surface area contributed by atoms with Gasteiger partial charge in [0.25, 0.3) is 11.5 Å². The Morgan fingerprint density at radius 2 is 1.77 bits per heavy atom. The molecule has 2 saturated heterocycles.